The predicted molar refractivity (Wildman–Crippen MR) is 170 cm³/mol. The van der Waals surface area contributed by atoms with Crippen molar-refractivity contribution < 1.29 is 23.2 Å². The Morgan fingerprint density at radius 1 is 1.00 bits per heavy atom. The van der Waals surface area contributed by atoms with E-state index in [1.165, 1.54) is 17.9 Å². The maximum absolute atomic E-state index is 15.5. The van der Waals surface area contributed by atoms with Crippen molar-refractivity contribution in [2.75, 3.05) is 11.9 Å². The second kappa shape index (κ2) is 12.2. The fourth-order valence-corrected chi connectivity index (χ4v) is 6.04. The number of nitrogens with one attached hydrogen (secondary N) is 1. The van der Waals surface area contributed by atoms with Gasteiger partial charge in [-0.25, -0.2) is 8.78 Å². The number of carbonyl (C=O) groups is 3. The highest BCUT2D eigenvalue weighted by Gasteiger charge is 2.40. The number of hydrogen-bond donors (Lipinski definition) is 1. The summed E-state index contributed by atoms with van der Waals surface area (Å²) in [6, 6.07) is 19.6. The van der Waals surface area contributed by atoms with Gasteiger partial charge in [0.1, 0.15) is 18.8 Å². The Morgan fingerprint density at radius 3 is 2.49 bits per heavy atom. The van der Waals surface area contributed by atoms with Crippen LogP contribution in [0, 0.1) is 12.7 Å². The van der Waals surface area contributed by atoms with Crippen molar-refractivity contribution in [2.45, 2.75) is 39.0 Å². The third-order valence-electron chi connectivity index (χ3n) is 8.10. The minimum absolute atomic E-state index is 0.103. The quantitative estimate of drug-likeness (QED) is 0.193. The number of pyridine rings is 1. The fraction of sp³-hybridized carbons (Fsp3) is 0.200. The number of benzene rings is 3. The van der Waals surface area contributed by atoms with Crippen molar-refractivity contribution in [2.24, 2.45) is 0 Å². The number of aryl methyl sites for hydroxylation is 1. The number of carbonyl (C=O) groups excluding carboxylic acids is 3. The number of alkyl halides is 1. The molecule has 228 valence electrons. The first-order valence-corrected chi connectivity index (χ1v) is 14.8. The lowest BCUT2D eigenvalue weighted by molar-refractivity contribution is -0.137. The molecule has 1 aliphatic heterocycles. The molecule has 45 heavy (non-hydrogen) atoms. The Labute approximate surface area is 263 Å². The number of rotatable bonds is 7. The van der Waals surface area contributed by atoms with E-state index in [9.17, 15) is 18.8 Å². The van der Waals surface area contributed by atoms with Gasteiger partial charge in [0.2, 0.25) is 11.8 Å². The number of Topliss-reactive ketones (excluding diaryl/α,β-unsaturated/α-hetero) is 1. The lowest BCUT2D eigenvalue weighted by Gasteiger charge is -2.24. The van der Waals surface area contributed by atoms with E-state index < -0.39 is 29.8 Å². The van der Waals surface area contributed by atoms with Crippen molar-refractivity contribution in [1.29, 1.82) is 0 Å². The highest BCUT2D eigenvalue weighted by molar-refractivity contribution is 6.33. The highest BCUT2D eigenvalue weighted by Crippen LogP contribution is 2.34. The number of hydrogen-bond acceptors (Lipinski definition) is 4. The molecule has 0 aliphatic carbocycles. The molecular formula is C35H29ClF2N4O3. The lowest BCUT2D eigenvalue weighted by atomic mass is 10.0. The average Bonchev–Trinajstić information content (AvgIpc) is 3.59. The van der Waals surface area contributed by atoms with Gasteiger partial charge in [0.15, 0.2) is 11.6 Å². The van der Waals surface area contributed by atoms with Crippen molar-refractivity contribution in [3.05, 3.63) is 107 Å². The summed E-state index contributed by atoms with van der Waals surface area (Å²) >= 11 is 6.26. The van der Waals surface area contributed by atoms with Gasteiger partial charge in [-0.1, -0.05) is 54.1 Å². The minimum atomic E-state index is -1.43. The van der Waals surface area contributed by atoms with E-state index in [0.29, 0.717) is 27.1 Å². The summed E-state index contributed by atoms with van der Waals surface area (Å²) < 4.78 is 31.9. The van der Waals surface area contributed by atoms with Crippen molar-refractivity contribution >= 4 is 45.8 Å². The van der Waals surface area contributed by atoms with Crippen LogP contribution in [0.2, 0.25) is 5.02 Å². The van der Waals surface area contributed by atoms with E-state index in [0.717, 1.165) is 16.8 Å². The smallest absolute Gasteiger partial charge is 0.247 e. The van der Waals surface area contributed by atoms with Crippen LogP contribution in [0.15, 0.2) is 85.2 Å². The van der Waals surface area contributed by atoms with Crippen LogP contribution in [0.4, 0.5) is 14.5 Å². The molecular weight excluding hydrogens is 598 g/mol. The summed E-state index contributed by atoms with van der Waals surface area (Å²) in [5.41, 5.74) is 4.27. The molecule has 2 atom stereocenters. The molecule has 1 aliphatic rings. The van der Waals surface area contributed by atoms with Crippen molar-refractivity contribution in [3.63, 3.8) is 0 Å². The molecule has 3 heterocycles. The predicted octanol–water partition coefficient (Wildman–Crippen LogP) is 7.25. The topological polar surface area (TPSA) is 84.3 Å². The van der Waals surface area contributed by atoms with Crippen LogP contribution in [0.1, 0.15) is 29.4 Å². The van der Waals surface area contributed by atoms with Gasteiger partial charge < -0.3 is 14.8 Å². The van der Waals surface area contributed by atoms with Crippen LogP contribution in [-0.4, -0.2) is 50.8 Å². The van der Waals surface area contributed by atoms with Gasteiger partial charge in [-0.2, -0.15) is 0 Å². The normalized spacial score (nSPS) is 16.2. The van der Waals surface area contributed by atoms with Gasteiger partial charge in [-0.05, 0) is 49.7 Å². The number of halogens is 3. The largest absolute Gasteiger partial charge is 0.337 e. The van der Waals surface area contributed by atoms with Crippen molar-refractivity contribution in [1.82, 2.24) is 14.5 Å². The van der Waals surface area contributed by atoms with E-state index in [-0.39, 0.29) is 36.5 Å². The first kappa shape index (κ1) is 30.1. The molecule has 0 radical (unpaired) electrons. The second-order valence-corrected chi connectivity index (χ2v) is 11.6. The summed E-state index contributed by atoms with van der Waals surface area (Å²) in [7, 11) is 0. The van der Waals surface area contributed by atoms with Crippen LogP contribution in [0.25, 0.3) is 33.2 Å². The first-order valence-electron chi connectivity index (χ1n) is 14.5. The Morgan fingerprint density at radius 2 is 1.76 bits per heavy atom. The molecule has 0 saturated carbocycles. The van der Waals surface area contributed by atoms with E-state index in [4.69, 9.17) is 11.6 Å². The Kier molecular flexibility index (Phi) is 8.20. The number of amides is 2. The number of ketones is 1. The monoisotopic (exact) mass is 626 g/mol. The first-order chi connectivity index (χ1) is 21.6. The zero-order valence-corrected chi connectivity index (χ0v) is 25.3. The Balaban J connectivity index is 1.25. The maximum atomic E-state index is 15.5. The lowest BCUT2D eigenvalue weighted by Crippen LogP contribution is -2.44. The summed E-state index contributed by atoms with van der Waals surface area (Å²) in [5, 5.41) is 3.57. The molecule has 1 N–H and O–H groups in total. The standard InChI is InChI=1S/C35H29ClF2N4O3/c1-20-10-11-23(16-39-20)22-12-13-31-27(14-22)28(21(2)43)18-41(31)19-33(44)42-17-24(37)15-32(42)35(45)40-30-9-5-7-26(34(30)38)25-6-3-4-8-29(25)36/h3-14,16,18,24,32H,15,17,19H2,1-2H3,(H,40,45)/t24-,32?/m1/s1. The van der Waals surface area contributed by atoms with E-state index >= 15 is 4.39 Å². The highest BCUT2D eigenvalue weighted by atomic mass is 35.5. The Hall–Kier alpha value is -4.89. The van der Waals surface area contributed by atoms with Gasteiger partial charge in [0.05, 0.1) is 12.2 Å². The molecule has 5 aromatic rings. The van der Waals surface area contributed by atoms with Crippen LogP contribution in [0.5, 0.6) is 0 Å². The molecule has 2 amide bonds. The summed E-state index contributed by atoms with van der Waals surface area (Å²) in [6.07, 6.45) is 1.72. The van der Waals surface area contributed by atoms with E-state index in [1.807, 2.05) is 37.3 Å². The van der Waals surface area contributed by atoms with Crippen LogP contribution < -0.4 is 5.32 Å². The molecule has 1 fully saturated rings. The SMILES string of the molecule is CC(=O)c1cn(CC(=O)N2C[C@H](F)CC2C(=O)Nc2cccc(-c3ccccc3Cl)c2F)c2ccc(-c3ccc(C)nc3)cc12. The average molecular weight is 627 g/mol. The molecule has 0 spiro atoms. The minimum Gasteiger partial charge on any atom is -0.337 e. The number of aromatic nitrogens is 2. The van der Waals surface area contributed by atoms with Crippen LogP contribution in [-0.2, 0) is 16.1 Å². The maximum Gasteiger partial charge on any atom is 0.247 e. The summed E-state index contributed by atoms with van der Waals surface area (Å²) in [6.45, 7) is 2.86. The summed E-state index contributed by atoms with van der Waals surface area (Å²) in [4.78, 5) is 45.1. The van der Waals surface area contributed by atoms with E-state index in [1.54, 1.807) is 53.4 Å². The van der Waals surface area contributed by atoms with Crippen LogP contribution in [0.3, 0.4) is 0 Å². The summed E-state index contributed by atoms with van der Waals surface area (Å²) in [5.74, 6) is -2.06. The number of likely N-dealkylation sites (tertiary alicyclic amines) is 1. The molecule has 1 saturated heterocycles. The van der Waals surface area contributed by atoms with Gasteiger partial charge in [-0.3, -0.25) is 19.4 Å². The van der Waals surface area contributed by atoms with Crippen LogP contribution >= 0.6 is 11.6 Å². The second-order valence-electron chi connectivity index (χ2n) is 11.2. The fourth-order valence-electron chi connectivity index (χ4n) is 5.80. The van der Waals surface area contributed by atoms with Gasteiger partial charge in [-0.15, -0.1) is 0 Å². The Bertz CT molecular complexity index is 1960. The molecule has 7 nitrogen and oxygen atoms in total. The zero-order chi connectivity index (χ0) is 31.8. The molecule has 6 rings (SSSR count). The molecule has 1 unspecified atom stereocenters. The molecule has 2 aromatic heterocycles. The molecule has 10 heteroatoms. The van der Waals surface area contributed by atoms with E-state index in [2.05, 4.69) is 10.3 Å². The third-order valence-corrected chi connectivity index (χ3v) is 8.43. The molecule has 0 bridgehead atoms. The number of fused-ring (bicyclic) bond motifs is 1. The number of anilines is 1. The third kappa shape index (κ3) is 5.95. The number of nitrogens with zero attached hydrogens (tertiary/aromatic N) is 3. The zero-order valence-electron chi connectivity index (χ0n) is 24.6. The van der Waals surface area contributed by atoms with Gasteiger partial charge >= 0.3 is 0 Å². The molecule has 3 aromatic carbocycles. The van der Waals surface area contributed by atoms with Gasteiger partial charge in [0, 0.05) is 62.7 Å². The van der Waals surface area contributed by atoms with Gasteiger partial charge in [0.25, 0.3) is 0 Å². The van der Waals surface area contributed by atoms with Crippen molar-refractivity contribution in [3.8, 4) is 22.3 Å².